The highest BCUT2D eigenvalue weighted by atomic mass is 16.6. The number of Topliss-reactive ketones (excluding diaryl/α,β-unsaturated/α-hetero) is 1. The number of aliphatic hydroxyl groups excluding tert-OH is 1. The second-order valence-electron chi connectivity index (χ2n) is 10.7. The summed E-state index contributed by atoms with van der Waals surface area (Å²) in [6.45, 7) is 10.7. The van der Waals surface area contributed by atoms with Crippen molar-refractivity contribution >= 4 is 23.5 Å². The molecule has 6 atom stereocenters. The molecule has 2 bridgehead atoms. The Morgan fingerprint density at radius 3 is 2.53 bits per heavy atom. The number of nitrogens with zero attached hydrogens (tertiary/aromatic N) is 1. The Bertz CT molecular complexity index is 1250. The highest BCUT2D eigenvalue weighted by Crippen LogP contribution is 2.28. The highest BCUT2D eigenvalue weighted by Gasteiger charge is 2.32. The minimum absolute atomic E-state index is 0.0153. The molecule has 0 spiro atoms. The molecular formula is C31H44N4O8. The summed E-state index contributed by atoms with van der Waals surface area (Å²) >= 11 is 0. The van der Waals surface area contributed by atoms with Crippen LogP contribution >= 0.6 is 0 Å². The Labute approximate surface area is 252 Å². The maximum Gasteiger partial charge on any atom is 0.405 e. The number of aliphatic hydroxyl groups is 1. The van der Waals surface area contributed by atoms with Crippen molar-refractivity contribution < 1.29 is 38.5 Å². The molecule has 1 aliphatic carbocycles. The molecule has 2 rings (SSSR count). The molecule has 0 saturated heterocycles. The lowest BCUT2D eigenvalue weighted by atomic mass is 9.85. The lowest BCUT2D eigenvalue weighted by Crippen LogP contribution is -2.37. The first-order valence-electron chi connectivity index (χ1n) is 13.9. The fourth-order valence-electron chi connectivity index (χ4n) is 4.85. The molecule has 0 unspecified atom stereocenters. The lowest BCUT2D eigenvalue weighted by molar-refractivity contribution is -0.119. The molecule has 12 nitrogen and oxygen atoms in total. The summed E-state index contributed by atoms with van der Waals surface area (Å²) < 4.78 is 16.6. The fourth-order valence-corrected chi connectivity index (χ4v) is 4.85. The molecule has 43 heavy (non-hydrogen) atoms. The number of allylic oxidation sites excluding steroid dienone is 4. The molecule has 0 saturated carbocycles. The molecule has 12 heteroatoms. The third-order valence-corrected chi connectivity index (χ3v) is 7.21. The molecule has 0 radical (unpaired) electrons. The van der Waals surface area contributed by atoms with Crippen LogP contribution in [-0.4, -0.2) is 73.8 Å². The Morgan fingerprint density at radius 1 is 1.23 bits per heavy atom. The van der Waals surface area contributed by atoms with Crippen molar-refractivity contribution in [2.75, 3.05) is 20.8 Å². The van der Waals surface area contributed by atoms with Gasteiger partial charge in [-0.15, -0.1) is 0 Å². The van der Waals surface area contributed by atoms with E-state index >= 15 is 0 Å². The van der Waals surface area contributed by atoms with E-state index in [-0.39, 0.29) is 47.2 Å². The van der Waals surface area contributed by atoms with Crippen LogP contribution in [0, 0.1) is 11.8 Å². The van der Waals surface area contributed by atoms with Crippen molar-refractivity contribution in [3.05, 3.63) is 71.1 Å². The number of methoxy groups -OCH3 is 2. The van der Waals surface area contributed by atoms with E-state index in [9.17, 15) is 19.5 Å². The maximum atomic E-state index is 13.5. The number of nitrogens with one attached hydrogen (secondary N) is 1. The first-order chi connectivity index (χ1) is 20.3. The number of hydrogen-bond acceptors (Lipinski definition) is 10. The highest BCUT2D eigenvalue weighted by molar-refractivity contribution is 6.25. The van der Waals surface area contributed by atoms with Gasteiger partial charge in [0.25, 0.3) is 5.91 Å². The van der Waals surface area contributed by atoms with E-state index in [4.69, 9.17) is 30.5 Å². The van der Waals surface area contributed by atoms with Gasteiger partial charge in [0.2, 0.25) is 5.78 Å². The van der Waals surface area contributed by atoms with Crippen molar-refractivity contribution in [1.29, 1.82) is 0 Å². The summed E-state index contributed by atoms with van der Waals surface area (Å²) in [4.78, 5) is 43.6. The summed E-state index contributed by atoms with van der Waals surface area (Å²) in [5.74, 6) is -1.60. The average Bonchev–Trinajstić information content (AvgIpc) is 2.96. The third kappa shape index (κ3) is 9.77. The molecule has 0 aromatic heterocycles. The summed E-state index contributed by atoms with van der Waals surface area (Å²) in [5.41, 5.74) is 13.1. The summed E-state index contributed by atoms with van der Waals surface area (Å²) in [5, 5.41) is 17.9. The molecule has 2 amide bonds. The fraction of sp³-hybridized carbons (Fsp3) is 0.484. The van der Waals surface area contributed by atoms with E-state index in [1.165, 1.54) is 32.4 Å². The second kappa shape index (κ2) is 16.6. The number of amides is 2. The Balaban J connectivity index is 2.64. The van der Waals surface area contributed by atoms with Crippen molar-refractivity contribution in [3.8, 4) is 0 Å². The van der Waals surface area contributed by atoms with Gasteiger partial charge in [-0.3, -0.25) is 9.59 Å². The van der Waals surface area contributed by atoms with Gasteiger partial charge in [0.05, 0.1) is 23.6 Å². The molecule has 236 valence electrons. The number of rotatable bonds is 6. The van der Waals surface area contributed by atoms with E-state index in [0.717, 1.165) is 0 Å². The number of fused-ring (bicyclic) bond motifs is 2. The number of ether oxygens (including phenoxy) is 3. The van der Waals surface area contributed by atoms with E-state index in [2.05, 4.69) is 17.1 Å². The topological polar surface area (TPSA) is 185 Å². The molecule has 2 aliphatic rings. The van der Waals surface area contributed by atoms with Crippen LogP contribution in [0.25, 0.3) is 0 Å². The Hall–Kier alpha value is -4.00. The number of primary amides is 1. The predicted octanol–water partition coefficient (Wildman–Crippen LogP) is 2.71. The smallest absolute Gasteiger partial charge is 0.405 e. The molecule has 0 aromatic rings. The van der Waals surface area contributed by atoms with Crippen molar-refractivity contribution in [1.82, 2.24) is 5.32 Å². The number of nitrogens with two attached hydrogens (primary N) is 2. The summed E-state index contributed by atoms with van der Waals surface area (Å²) in [6, 6.07) is 0. The van der Waals surface area contributed by atoms with Crippen LogP contribution in [0.4, 0.5) is 4.79 Å². The monoisotopic (exact) mass is 600 g/mol. The van der Waals surface area contributed by atoms with E-state index in [0.29, 0.717) is 12.0 Å². The normalized spacial score (nSPS) is 32.1. The summed E-state index contributed by atoms with van der Waals surface area (Å²) in [7, 11) is 2.94. The number of carbonyl (C=O) groups excluding carboxylic acids is 3. The average molecular weight is 601 g/mol. The van der Waals surface area contributed by atoms with Gasteiger partial charge in [0, 0.05) is 31.3 Å². The van der Waals surface area contributed by atoms with Crippen LogP contribution in [-0.2, 0) is 28.6 Å². The van der Waals surface area contributed by atoms with Gasteiger partial charge < -0.3 is 40.9 Å². The Morgan fingerprint density at radius 2 is 1.93 bits per heavy atom. The number of oxime groups is 1. The first kappa shape index (κ1) is 35.2. The SMILES string of the molecule is C=CCO/N=C1/C=C2NC(=O)/C(C)=C/C=C\[C@H](OC)[C@@H](OC(N)=O)/C(C)=C/[C@H](C)[C@@H](O)[C@@H](OC)C[C@H](C)CC(=C1N)C2=O. The van der Waals surface area contributed by atoms with Gasteiger partial charge >= 0.3 is 6.09 Å². The van der Waals surface area contributed by atoms with Crippen LogP contribution < -0.4 is 16.8 Å². The zero-order chi connectivity index (χ0) is 32.3. The standard InChI is InChI=1S/C31H44N4O8/c1-8-12-42-35-22-16-23-28(37)21(26(22)32)13-17(2)14-25(41-7)27(36)19(4)15-20(5)29(43-31(33)39)24(40-6)11-9-10-18(3)30(38)34-23/h8-11,15-17,19,24-25,27,29,36H,1,12-14,32H2,2-7H3,(H2,33,39)(H,34,38)/b11-9-,18-10+,20-15+,35-22-/t17-,19+,24+,25+,27-,29+/m1/s1. The van der Waals surface area contributed by atoms with Crippen molar-refractivity contribution in [2.24, 2.45) is 28.5 Å². The number of carbonyl (C=O) groups is 3. The molecular weight excluding hydrogens is 556 g/mol. The van der Waals surface area contributed by atoms with E-state index in [1.54, 1.807) is 32.1 Å². The van der Waals surface area contributed by atoms with Crippen LogP contribution in [0.1, 0.15) is 40.5 Å². The quantitative estimate of drug-likeness (QED) is 0.154. The van der Waals surface area contributed by atoms with Gasteiger partial charge in [-0.05, 0) is 44.3 Å². The molecule has 1 heterocycles. The van der Waals surface area contributed by atoms with Gasteiger partial charge in [0.1, 0.15) is 18.4 Å². The zero-order valence-electron chi connectivity index (χ0n) is 25.7. The van der Waals surface area contributed by atoms with Crippen molar-refractivity contribution in [2.45, 2.75) is 65.0 Å². The minimum Gasteiger partial charge on any atom is -0.439 e. The first-order valence-corrected chi connectivity index (χ1v) is 13.9. The second-order valence-corrected chi connectivity index (χ2v) is 10.7. The minimum atomic E-state index is -0.995. The maximum absolute atomic E-state index is 13.5. The van der Waals surface area contributed by atoms with Crippen molar-refractivity contribution in [3.63, 3.8) is 0 Å². The van der Waals surface area contributed by atoms with Gasteiger partial charge in [-0.2, -0.15) is 0 Å². The van der Waals surface area contributed by atoms with Crippen LogP contribution in [0.3, 0.4) is 0 Å². The van der Waals surface area contributed by atoms with Gasteiger partial charge in [0.15, 0.2) is 6.10 Å². The van der Waals surface area contributed by atoms with E-state index < -0.39 is 48.1 Å². The molecule has 0 fully saturated rings. The molecule has 1 aliphatic heterocycles. The van der Waals surface area contributed by atoms with E-state index in [1.807, 2.05) is 13.8 Å². The van der Waals surface area contributed by atoms with Gasteiger partial charge in [-0.25, -0.2) is 4.79 Å². The third-order valence-electron chi connectivity index (χ3n) is 7.21. The molecule has 6 N–H and O–H groups in total. The van der Waals surface area contributed by atoms with Crippen LogP contribution in [0.2, 0.25) is 0 Å². The van der Waals surface area contributed by atoms with Gasteiger partial charge in [-0.1, -0.05) is 56.0 Å². The Kier molecular flexibility index (Phi) is 13.6. The summed E-state index contributed by atoms with van der Waals surface area (Å²) in [6.07, 6.45) is 5.69. The lowest BCUT2D eigenvalue weighted by Gasteiger charge is -2.30. The number of hydrogen-bond donors (Lipinski definition) is 4. The zero-order valence-corrected chi connectivity index (χ0v) is 25.7. The predicted molar refractivity (Wildman–Crippen MR) is 162 cm³/mol. The number of ketones is 1. The largest absolute Gasteiger partial charge is 0.439 e. The van der Waals surface area contributed by atoms with Crippen LogP contribution in [0.5, 0.6) is 0 Å². The van der Waals surface area contributed by atoms with Crippen LogP contribution in [0.15, 0.2) is 76.3 Å². The molecule has 0 aromatic carbocycles.